The third kappa shape index (κ3) is 2.55. The molecular formula is C19H11N5OS. The van der Waals surface area contributed by atoms with Crippen molar-refractivity contribution in [2.24, 2.45) is 0 Å². The number of fused-ring (bicyclic) bond motifs is 1. The Bertz CT molecular complexity index is 1180. The molecule has 0 aliphatic heterocycles. The molecule has 5 rings (SSSR count). The third-order valence-corrected chi connectivity index (χ3v) is 4.89. The lowest BCUT2D eigenvalue weighted by molar-refractivity contribution is 0.616. The van der Waals surface area contributed by atoms with Gasteiger partial charge in [0.1, 0.15) is 16.3 Å². The summed E-state index contributed by atoms with van der Waals surface area (Å²) >= 11 is 1.47. The lowest BCUT2D eigenvalue weighted by Gasteiger charge is -2.03. The Labute approximate surface area is 152 Å². The SMILES string of the molecule is c1ccc(-c2cc3occc3c(-c3nnc(-c4cccnc4)s3)n2)nc1. The molecule has 0 fully saturated rings. The normalized spacial score (nSPS) is 11.1. The van der Waals surface area contributed by atoms with Crippen LogP contribution >= 0.6 is 11.3 Å². The summed E-state index contributed by atoms with van der Waals surface area (Å²) in [6.45, 7) is 0. The Hall–Kier alpha value is -3.45. The van der Waals surface area contributed by atoms with Crippen LogP contribution in [0, 0.1) is 0 Å². The van der Waals surface area contributed by atoms with E-state index in [0.717, 1.165) is 43.6 Å². The molecule has 0 saturated heterocycles. The van der Waals surface area contributed by atoms with Gasteiger partial charge in [-0.15, -0.1) is 10.2 Å². The minimum absolute atomic E-state index is 0.730. The molecular weight excluding hydrogens is 346 g/mol. The van der Waals surface area contributed by atoms with Crippen LogP contribution < -0.4 is 0 Å². The first-order valence-electron chi connectivity index (χ1n) is 7.92. The Morgan fingerprint density at radius 3 is 2.69 bits per heavy atom. The summed E-state index contributed by atoms with van der Waals surface area (Å²) in [5.74, 6) is 0. The highest BCUT2D eigenvalue weighted by Gasteiger charge is 2.17. The average Bonchev–Trinajstić information content (AvgIpc) is 3.38. The minimum atomic E-state index is 0.730. The Morgan fingerprint density at radius 2 is 1.85 bits per heavy atom. The molecule has 0 amide bonds. The summed E-state index contributed by atoms with van der Waals surface area (Å²) in [7, 11) is 0. The fourth-order valence-corrected chi connectivity index (χ4v) is 3.54. The van der Waals surface area contributed by atoms with E-state index < -0.39 is 0 Å². The highest BCUT2D eigenvalue weighted by atomic mass is 32.1. The molecule has 0 bridgehead atoms. The Morgan fingerprint density at radius 1 is 0.885 bits per heavy atom. The van der Waals surface area contributed by atoms with Crippen LogP contribution in [0.1, 0.15) is 0 Å². The molecule has 0 atom stereocenters. The summed E-state index contributed by atoms with van der Waals surface area (Å²) in [5.41, 5.74) is 3.93. The van der Waals surface area contributed by atoms with Crippen LogP contribution in [0.4, 0.5) is 0 Å². The number of hydrogen-bond acceptors (Lipinski definition) is 7. The van der Waals surface area contributed by atoms with Gasteiger partial charge in [0.05, 0.1) is 17.7 Å². The van der Waals surface area contributed by atoms with E-state index in [1.54, 1.807) is 24.9 Å². The molecule has 0 saturated carbocycles. The van der Waals surface area contributed by atoms with Gasteiger partial charge in [-0.05, 0) is 30.3 Å². The fraction of sp³-hybridized carbons (Fsp3) is 0. The van der Waals surface area contributed by atoms with Crippen LogP contribution in [0.15, 0.2) is 71.7 Å². The molecule has 0 aliphatic rings. The summed E-state index contributed by atoms with van der Waals surface area (Å²) in [5, 5.41) is 11.1. The molecule has 7 heteroatoms. The zero-order valence-electron chi connectivity index (χ0n) is 13.4. The number of rotatable bonds is 3. The van der Waals surface area contributed by atoms with Gasteiger partial charge in [-0.25, -0.2) is 4.98 Å². The van der Waals surface area contributed by atoms with Gasteiger partial charge in [-0.3, -0.25) is 9.97 Å². The topological polar surface area (TPSA) is 77.6 Å². The molecule has 0 radical (unpaired) electrons. The van der Waals surface area contributed by atoms with Gasteiger partial charge in [-0.2, -0.15) is 0 Å². The van der Waals surface area contributed by atoms with Crippen molar-refractivity contribution >= 4 is 22.3 Å². The lowest BCUT2D eigenvalue weighted by atomic mass is 10.2. The molecule has 6 nitrogen and oxygen atoms in total. The molecule has 26 heavy (non-hydrogen) atoms. The molecule has 0 aromatic carbocycles. The summed E-state index contributed by atoms with van der Waals surface area (Å²) in [4.78, 5) is 13.3. The maximum Gasteiger partial charge on any atom is 0.167 e. The van der Waals surface area contributed by atoms with E-state index in [0.29, 0.717) is 0 Å². The smallest absolute Gasteiger partial charge is 0.167 e. The Kier molecular flexibility index (Phi) is 3.50. The second-order valence-electron chi connectivity index (χ2n) is 5.56. The third-order valence-electron chi connectivity index (χ3n) is 3.91. The van der Waals surface area contributed by atoms with E-state index in [2.05, 4.69) is 20.2 Å². The van der Waals surface area contributed by atoms with Gasteiger partial charge >= 0.3 is 0 Å². The number of furan rings is 1. The number of hydrogen-bond donors (Lipinski definition) is 0. The highest BCUT2D eigenvalue weighted by Crippen LogP contribution is 2.35. The average molecular weight is 357 g/mol. The van der Waals surface area contributed by atoms with Crippen molar-refractivity contribution in [1.82, 2.24) is 25.1 Å². The predicted molar refractivity (Wildman–Crippen MR) is 99.4 cm³/mol. The van der Waals surface area contributed by atoms with Crippen LogP contribution in [-0.2, 0) is 0 Å². The standard InChI is InChI=1S/C19H11N5OS/c1-2-8-21-14(5-1)15-10-16-13(6-9-25-16)17(22-15)19-24-23-18(26-19)12-4-3-7-20-11-12/h1-11H. The van der Waals surface area contributed by atoms with Crippen molar-refractivity contribution in [3.05, 3.63) is 67.3 Å². The van der Waals surface area contributed by atoms with E-state index in [1.165, 1.54) is 11.3 Å². The summed E-state index contributed by atoms with van der Waals surface area (Å²) in [6, 6.07) is 13.4. The zero-order valence-corrected chi connectivity index (χ0v) is 14.2. The van der Waals surface area contributed by atoms with Crippen molar-refractivity contribution in [1.29, 1.82) is 0 Å². The summed E-state index contributed by atoms with van der Waals surface area (Å²) in [6.07, 6.45) is 6.91. The van der Waals surface area contributed by atoms with Crippen molar-refractivity contribution < 1.29 is 4.42 Å². The van der Waals surface area contributed by atoms with E-state index in [-0.39, 0.29) is 0 Å². The quantitative estimate of drug-likeness (QED) is 0.474. The molecule has 0 aliphatic carbocycles. The summed E-state index contributed by atoms with van der Waals surface area (Å²) < 4.78 is 5.61. The first-order chi connectivity index (χ1) is 12.9. The predicted octanol–water partition coefficient (Wildman–Crippen LogP) is 4.47. The van der Waals surface area contributed by atoms with E-state index in [4.69, 9.17) is 9.40 Å². The van der Waals surface area contributed by atoms with E-state index >= 15 is 0 Å². The van der Waals surface area contributed by atoms with Gasteiger partial charge in [-0.1, -0.05) is 17.4 Å². The second-order valence-corrected chi connectivity index (χ2v) is 6.54. The molecule has 5 aromatic heterocycles. The van der Waals surface area contributed by atoms with Crippen molar-refractivity contribution in [3.8, 4) is 32.7 Å². The van der Waals surface area contributed by atoms with Crippen LogP contribution in [0.5, 0.6) is 0 Å². The molecule has 0 spiro atoms. The first kappa shape index (κ1) is 14.9. The van der Waals surface area contributed by atoms with Crippen LogP contribution in [0.2, 0.25) is 0 Å². The van der Waals surface area contributed by atoms with Gasteiger partial charge in [0.25, 0.3) is 0 Å². The molecule has 124 valence electrons. The molecule has 0 unspecified atom stereocenters. The monoisotopic (exact) mass is 357 g/mol. The fourth-order valence-electron chi connectivity index (χ4n) is 2.70. The van der Waals surface area contributed by atoms with Crippen molar-refractivity contribution in [2.75, 3.05) is 0 Å². The van der Waals surface area contributed by atoms with Crippen molar-refractivity contribution in [2.45, 2.75) is 0 Å². The molecule has 0 N–H and O–H groups in total. The van der Waals surface area contributed by atoms with Crippen LogP contribution in [0.3, 0.4) is 0 Å². The maximum absolute atomic E-state index is 5.61. The van der Waals surface area contributed by atoms with Gasteiger partial charge in [0.15, 0.2) is 5.01 Å². The van der Waals surface area contributed by atoms with Crippen molar-refractivity contribution in [3.63, 3.8) is 0 Å². The van der Waals surface area contributed by atoms with E-state index in [1.807, 2.05) is 42.5 Å². The lowest BCUT2D eigenvalue weighted by Crippen LogP contribution is -1.90. The molecule has 5 aromatic rings. The first-order valence-corrected chi connectivity index (χ1v) is 8.74. The maximum atomic E-state index is 5.61. The van der Waals surface area contributed by atoms with Gasteiger partial charge in [0, 0.05) is 35.6 Å². The van der Waals surface area contributed by atoms with E-state index in [9.17, 15) is 0 Å². The number of nitrogens with zero attached hydrogens (tertiary/aromatic N) is 5. The molecule has 5 heterocycles. The largest absolute Gasteiger partial charge is 0.464 e. The second kappa shape index (κ2) is 6.12. The Balaban J connectivity index is 1.67. The number of aromatic nitrogens is 5. The van der Waals surface area contributed by atoms with Gasteiger partial charge in [0.2, 0.25) is 0 Å². The minimum Gasteiger partial charge on any atom is -0.464 e. The highest BCUT2D eigenvalue weighted by molar-refractivity contribution is 7.18. The zero-order chi connectivity index (χ0) is 17.3. The van der Waals surface area contributed by atoms with Crippen LogP contribution in [-0.4, -0.2) is 25.1 Å². The van der Waals surface area contributed by atoms with Gasteiger partial charge < -0.3 is 4.42 Å². The number of pyridine rings is 3. The van der Waals surface area contributed by atoms with Crippen LogP contribution in [0.25, 0.3) is 43.6 Å².